The molecule has 1 aliphatic heterocycles. The largest absolute Gasteiger partial charge is 0.399 e. The second-order valence-corrected chi connectivity index (χ2v) is 6.35. The van der Waals surface area contributed by atoms with Crippen molar-refractivity contribution in [2.75, 3.05) is 10.7 Å². The first-order valence-corrected chi connectivity index (χ1v) is 8.17. The van der Waals surface area contributed by atoms with Crippen LogP contribution in [0.2, 0.25) is 0 Å². The van der Waals surface area contributed by atoms with E-state index in [-0.39, 0.29) is 0 Å². The van der Waals surface area contributed by atoms with Crippen LogP contribution in [0.25, 0.3) is 11.0 Å². The van der Waals surface area contributed by atoms with Crippen LogP contribution in [0.15, 0.2) is 18.2 Å². The van der Waals surface area contributed by atoms with Crippen LogP contribution in [-0.4, -0.2) is 21.7 Å². The molecule has 0 amide bonds. The van der Waals surface area contributed by atoms with Gasteiger partial charge in [0.25, 0.3) is 0 Å². The van der Waals surface area contributed by atoms with Gasteiger partial charge in [-0.15, -0.1) is 0 Å². The number of nitrogens with two attached hydrogens (primary N) is 1. The minimum absolute atomic E-state index is 0.555. The highest BCUT2D eigenvalue weighted by Gasteiger charge is 2.28. The van der Waals surface area contributed by atoms with Crippen LogP contribution in [-0.2, 0) is 6.42 Å². The minimum Gasteiger partial charge on any atom is -0.399 e. The predicted molar refractivity (Wildman–Crippen MR) is 89.1 cm³/mol. The zero-order valence-corrected chi connectivity index (χ0v) is 13.3. The van der Waals surface area contributed by atoms with Crippen molar-refractivity contribution in [2.45, 2.75) is 65.0 Å². The second kappa shape index (κ2) is 5.58. The first-order valence-electron chi connectivity index (χ1n) is 8.17. The molecule has 1 aromatic carbocycles. The van der Waals surface area contributed by atoms with Gasteiger partial charge in [0.05, 0.1) is 11.0 Å². The molecular weight excluding hydrogens is 260 g/mol. The van der Waals surface area contributed by atoms with Gasteiger partial charge in [0.15, 0.2) is 0 Å². The Hall–Kier alpha value is -1.71. The van der Waals surface area contributed by atoms with Gasteiger partial charge in [0, 0.05) is 24.2 Å². The summed E-state index contributed by atoms with van der Waals surface area (Å²) in [6, 6.07) is 7.20. The van der Waals surface area contributed by atoms with Gasteiger partial charge >= 0.3 is 0 Å². The molecule has 4 heteroatoms. The first-order chi connectivity index (χ1) is 10.1. The molecule has 1 aliphatic rings. The molecule has 2 heterocycles. The predicted octanol–water partition coefficient (Wildman–Crippen LogP) is 3.47. The van der Waals surface area contributed by atoms with Crippen molar-refractivity contribution < 1.29 is 0 Å². The number of hydrogen-bond donors (Lipinski definition) is 1. The minimum atomic E-state index is 0.555. The number of aromatic nitrogens is 2. The fourth-order valence-electron chi connectivity index (χ4n) is 3.58. The highest BCUT2D eigenvalue weighted by Crippen LogP contribution is 2.27. The Bertz CT molecular complexity index is 621. The third-order valence-electron chi connectivity index (χ3n) is 4.57. The van der Waals surface area contributed by atoms with Gasteiger partial charge in [-0.1, -0.05) is 6.92 Å². The molecule has 1 aromatic heterocycles. The molecule has 3 rings (SSSR count). The van der Waals surface area contributed by atoms with Gasteiger partial charge in [-0.2, -0.15) is 0 Å². The number of benzene rings is 1. The molecule has 1 saturated heterocycles. The molecule has 2 aromatic rings. The van der Waals surface area contributed by atoms with Crippen molar-refractivity contribution in [1.29, 1.82) is 0 Å². The Kier molecular flexibility index (Phi) is 3.79. The monoisotopic (exact) mass is 286 g/mol. The van der Waals surface area contributed by atoms with Crippen LogP contribution in [0.1, 0.15) is 52.3 Å². The summed E-state index contributed by atoms with van der Waals surface area (Å²) in [4.78, 5) is 4.85. The summed E-state index contributed by atoms with van der Waals surface area (Å²) in [6.07, 6.45) is 5.94. The highest BCUT2D eigenvalue weighted by atomic mass is 15.6. The van der Waals surface area contributed by atoms with E-state index in [9.17, 15) is 0 Å². The van der Waals surface area contributed by atoms with Crippen LogP contribution in [0.5, 0.6) is 0 Å². The summed E-state index contributed by atoms with van der Waals surface area (Å²) in [5.41, 5.74) is 8.92. The van der Waals surface area contributed by atoms with E-state index in [4.69, 9.17) is 10.7 Å². The molecule has 1 fully saturated rings. The van der Waals surface area contributed by atoms with Crippen LogP contribution in [0.4, 0.5) is 5.69 Å². The van der Waals surface area contributed by atoms with E-state index in [0.29, 0.717) is 12.1 Å². The van der Waals surface area contributed by atoms with Crippen LogP contribution in [0.3, 0.4) is 0 Å². The van der Waals surface area contributed by atoms with Gasteiger partial charge in [-0.05, 0) is 57.7 Å². The van der Waals surface area contributed by atoms with Crippen molar-refractivity contribution >= 4 is 16.7 Å². The molecule has 0 saturated carbocycles. The van der Waals surface area contributed by atoms with E-state index in [1.807, 2.05) is 12.1 Å². The second-order valence-electron chi connectivity index (χ2n) is 6.35. The zero-order valence-electron chi connectivity index (χ0n) is 13.3. The molecule has 2 N–H and O–H groups in total. The maximum absolute atomic E-state index is 5.93. The summed E-state index contributed by atoms with van der Waals surface area (Å²) in [5.74, 6) is 1.17. The fourth-order valence-corrected chi connectivity index (χ4v) is 3.58. The maximum atomic E-state index is 5.93. The lowest BCUT2D eigenvalue weighted by Crippen LogP contribution is -2.51. The highest BCUT2D eigenvalue weighted by molar-refractivity contribution is 5.80. The quantitative estimate of drug-likeness (QED) is 0.879. The fraction of sp³-hybridized carbons (Fsp3) is 0.588. The van der Waals surface area contributed by atoms with Crippen LogP contribution in [0, 0.1) is 0 Å². The maximum Gasteiger partial charge on any atom is 0.128 e. The smallest absolute Gasteiger partial charge is 0.128 e. The summed E-state index contributed by atoms with van der Waals surface area (Å²) in [5, 5.41) is 2.53. The summed E-state index contributed by atoms with van der Waals surface area (Å²) in [6.45, 7) is 6.87. The number of aryl methyl sites for hydroxylation is 1. The van der Waals surface area contributed by atoms with Crippen LogP contribution >= 0.6 is 0 Å². The Balaban J connectivity index is 2.16. The van der Waals surface area contributed by atoms with Crippen molar-refractivity contribution in [1.82, 2.24) is 9.66 Å². The lowest BCUT2D eigenvalue weighted by atomic mass is 10.00. The molecular formula is C17H26N4. The Labute approximate surface area is 126 Å². The van der Waals surface area contributed by atoms with Gasteiger partial charge in [-0.25, -0.2) is 9.66 Å². The summed E-state index contributed by atoms with van der Waals surface area (Å²) in [7, 11) is 0. The number of hydrogen-bond acceptors (Lipinski definition) is 3. The van der Waals surface area contributed by atoms with Gasteiger partial charge < -0.3 is 10.7 Å². The van der Waals surface area contributed by atoms with E-state index in [1.165, 1.54) is 30.6 Å². The number of rotatable bonds is 3. The van der Waals surface area contributed by atoms with E-state index < -0.39 is 0 Å². The molecule has 114 valence electrons. The first kappa shape index (κ1) is 14.2. The van der Waals surface area contributed by atoms with Crippen molar-refractivity contribution in [3.8, 4) is 0 Å². The SMILES string of the molecule is CCCc1nc2cc(N)ccc2n1N1C(C)CCCC1C. The van der Waals surface area contributed by atoms with Crippen molar-refractivity contribution in [3.63, 3.8) is 0 Å². The molecule has 0 bridgehead atoms. The number of nitrogens with zero attached hydrogens (tertiary/aromatic N) is 3. The lowest BCUT2D eigenvalue weighted by Gasteiger charge is -2.42. The molecule has 2 atom stereocenters. The molecule has 0 radical (unpaired) electrons. The average molecular weight is 286 g/mol. The summed E-state index contributed by atoms with van der Waals surface area (Å²) >= 11 is 0. The Morgan fingerprint density at radius 1 is 1.24 bits per heavy atom. The van der Waals surface area contributed by atoms with Gasteiger partial charge in [-0.3, -0.25) is 0 Å². The topological polar surface area (TPSA) is 47.1 Å². The lowest BCUT2D eigenvalue weighted by molar-refractivity contribution is 0.335. The number of imidazole rings is 1. The van der Waals surface area contributed by atoms with Gasteiger partial charge in [0.2, 0.25) is 0 Å². The number of anilines is 1. The van der Waals surface area contributed by atoms with Gasteiger partial charge in [0.1, 0.15) is 5.82 Å². The van der Waals surface area contributed by atoms with E-state index in [2.05, 4.69) is 36.5 Å². The standard InChI is InChI=1S/C17H26N4/c1-4-6-17-19-15-11-14(18)9-10-16(15)21(17)20-12(2)7-5-8-13(20)3/h9-13H,4-8,18H2,1-3H3. The molecule has 2 unspecified atom stereocenters. The normalized spacial score (nSPS) is 22.9. The van der Waals surface area contributed by atoms with E-state index in [0.717, 1.165) is 24.0 Å². The number of fused-ring (bicyclic) bond motifs is 1. The molecule has 0 aliphatic carbocycles. The molecule has 0 spiro atoms. The Morgan fingerprint density at radius 2 is 1.95 bits per heavy atom. The third kappa shape index (κ3) is 2.47. The number of nitrogen functional groups attached to an aromatic ring is 1. The van der Waals surface area contributed by atoms with Crippen LogP contribution < -0.4 is 10.7 Å². The van der Waals surface area contributed by atoms with E-state index in [1.54, 1.807) is 0 Å². The molecule has 4 nitrogen and oxygen atoms in total. The number of piperidine rings is 1. The molecule has 21 heavy (non-hydrogen) atoms. The van der Waals surface area contributed by atoms with Crippen molar-refractivity contribution in [3.05, 3.63) is 24.0 Å². The third-order valence-corrected chi connectivity index (χ3v) is 4.57. The summed E-state index contributed by atoms with van der Waals surface area (Å²) < 4.78 is 2.37. The van der Waals surface area contributed by atoms with Crippen molar-refractivity contribution in [2.24, 2.45) is 0 Å². The zero-order chi connectivity index (χ0) is 15.0. The average Bonchev–Trinajstić information content (AvgIpc) is 2.77. The Morgan fingerprint density at radius 3 is 2.62 bits per heavy atom. The van der Waals surface area contributed by atoms with E-state index >= 15 is 0 Å².